The second-order valence-corrected chi connectivity index (χ2v) is 1.85. The molecule has 3 nitrogen and oxygen atoms in total. The first-order valence-corrected chi connectivity index (χ1v) is 2.62. The van der Waals surface area contributed by atoms with Crippen LogP contribution in [-0.2, 0) is 9.53 Å². The van der Waals surface area contributed by atoms with Crippen molar-refractivity contribution in [2.45, 2.75) is 0 Å². The lowest BCUT2D eigenvalue weighted by molar-refractivity contribution is -0.140. The first kappa shape index (κ1) is 5.56. The Morgan fingerprint density at radius 2 is 2.38 bits per heavy atom. The molecule has 3 heteroatoms. The molecule has 8 heavy (non-hydrogen) atoms. The first-order valence-electron chi connectivity index (χ1n) is 2.62. The highest BCUT2D eigenvalue weighted by Gasteiger charge is 2.20. The van der Waals surface area contributed by atoms with Crippen molar-refractivity contribution in [2.75, 3.05) is 26.7 Å². The van der Waals surface area contributed by atoms with Crippen LogP contribution in [0, 0.1) is 0 Å². The van der Waals surface area contributed by atoms with Crippen LogP contribution in [0.3, 0.4) is 0 Å². The van der Waals surface area contributed by atoms with Crippen molar-refractivity contribution in [3.63, 3.8) is 0 Å². The molecule has 1 rings (SSSR count). The van der Waals surface area contributed by atoms with Crippen molar-refractivity contribution in [3.8, 4) is 0 Å². The Labute approximate surface area is 48.2 Å². The summed E-state index contributed by atoms with van der Waals surface area (Å²) in [6.07, 6.45) is 0. The quantitative estimate of drug-likeness (QED) is 0.358. The van der Waals surface area contributed by atoms with Crippen LogP contribution < -0.4 is 0 Å². The molecule has 0 unspecified atom stereocenters. The van der Waals surface area contributed by atoms with Crippen molar-refractivity contribution in [3.05, 3.63) is 0 Å². The molecule has 0 atom stereocenters. The third kappa shape index (κ3) is 1.50. The fourth-order valence-electron chi connectivity index (χ4n) is 0.476. The van der Waals surface area contributed by atoms with E-state index < -0.39 is 0 Å². The lowest BCUT2D eigenvalue weighted by atomic mass is 10.7. The van der Waals surface area contributed by atoms with Crippen LogP contribution in [-0.4, -0.2) is 37.6 Å². The average molecular weight is 115 g/mol. The number of ether oxygens (including phenoxy) is 1. The summed E-state index contributed by atoms with van der Waals surface area (Å²) in [5.74, 6) is -0.137. The average Bonchev–Trinajstić information content (AvgIpc) is 2.50. The Balaban J connectivity index is 2.07. The fourth-order valence-corrected chi connectivity index (χ4v) is 0.476. The van der Waals surface area contributed by atoms with Gasteiger partial charge in [0.1, 0.15) is 0 Å². The van der Waals surface area contributed by atoms with Gasteiger partial charge in [0.15, 0.2) is 0 Å². The maximum Gasteiger partial charge on any atom is 0.319 e. The van der Waals surface area contributed by atoms with E-state index in [0.29, 0.717) is 6.54 Å². The highest BCUT2D eigenvalue weighted by molar-refractivity contribution is 5.71. The minimum atomic E-state index is -0.137. The van der Waals surface area contributed by atoms with Crippen LogP contribution in [0.5, 0.6) is 0 Å². The number of carbonyl (C=O) groups excluding carboxylic acids is 1. The van der Waals surface area contributed by atoms with Crippen LogP contribution >= 0.6 is 0 Å². The molecule has 0 aromatic carbocycles. The third-order valence-corrected chi connectivity index (χ3v) is 1.12. The van der Waals surface area contributed by atoms with E-state index in [1.165, 1.54) is 7.11 Å². The van der Waals surface area contributed by atoms with Gasteiger partial charge in [0.2, 0.25) is 0 Å². The molecule has 1 saturated heterocycles. The molecule has 0 amide bonds. The maximum atomic E-state index is 10.4. The minimum Gasteiger partial charge on any atom is -0.468 e. The van der Waals surface area contributed by atoms with Crippen molar-refractivity contribution in [1.82, 2.24) is 4.90 Å². The van der Waals surface area contributed by atoms with E-state index in [2.05, 4.69) is 4.74 Å². The van der Waals surface area contributed by atoms with E-state index in [0.717, 1.165) is 13.1 Å². The molecule has 0 spiro atoms. The van der Waals surface area contributed by atoms with Gasteiger partial charge < -0.3 is 4.74 Å². The van der Waals surface area contributed by atoms with Gasteiger partial charge in [-0.05, 0) is 0 Å². The Kier molecular flexibility index (Phi) is 1.48. The first-order chi connectivity index (χ1) is 3.83. The Morgan fingerprint density at radius 1 is 1.75 bits per heavy atom. The van der Waals surface area contributed by atoms with E-state index in [9.17, 15) is 4.79 Å². The molecule has 0 N–H and O–H groups in total. The Morgan fingerprint density at radius 3 is 2.75 bits per heavy atom. The van der Waals surface area contributed by atoms with Crippen LogP contribution in [0.15, 0.2) is 0 Å². The van der Waals surface area contributed by atoms with Crippen LogP contribution in [0.25, 0.3) is 0 Å². The van der Waals surface area contributed by atoms with Crippen LogP contribution in [0.1, 0.15) is 0 Å². The molecular weight excluding hydrogens is 106 g/mol. The van der Waals surface area contributed by atoms with Gasteiger partial charge >= 0.3 is 5.97 Å². The van der Waals surface area contributed by atoms with E-state index in [4.69, 9.17) is 0 Å². The number of hydrogen-bond donors (Lipinski definition) is 0. The number of rotatable bonds is 2. The summed E-state index contributed by atoms with van der Waals surface area (Å²) >= 11 is 0. The molecule has 1 heterocycles. The summed E-state index contributed by atoms with van der Waals surface area (Å²) in [4.78, 5) is 12.4. The molecule has 46 valence electrons. The van der Waals surface area contributed by atoms with Gasteiger partial charge in [-0.3, -0.25) is 9.69 Å². The van der Waals surface area contributed by atoms with E-state index in [1.807, 2.05) is 4.90 Å². The molecule has 0 aliphatic carbocycles. The SMILES string of the molecule is COC(=O)CN1CC1. The van der Waals surface area contributed by atoms with Crippen molar-refractivity contribution in [1.29, 1.82) is 0 Å². The van der Waals surface area contributed by atoms with Gasteiger partial charge in [0, 0.05) is 13.1 Å². The molecule has 0 aromatic heterocycles. The summed E-state index contributed by atoms with van der Waals surface area (Å²) < 4.78 is 4.42. The van der Waals surface area contributed by atoms with E-state index >= 15 is 0 Å². The number of nitrogens with zero attached hydrogens (tertiary/aromatic N) is 1. The van der Waals surface area contributed by atoms with Crippen molar-refractivity contribution >= 4 is 5.97 Å². The monoisotopic (exact) mass is 115 g/mol. The van der Waals surface area contributed by atoms with Crippen molar-refractivity contribution in [2.24, 2.45) is 0 Å². The zero-order chi connectivity index (χ0) is 5.98. The van der Waals surface area contributed by atoms with Gasteiger partial charge in [-0.15, -0.1) is 0 Å². The summed E-state index contributed by atoms with van der Waals surface area (Å²) in [6.45, 7) is 2.57. The number of methoxy groups -OCH3 is 1. The predicted molar refractivity (Wildman–Crippen MR) is 28.5 cm³/mol. The molecule has 0 radical (unpaired) electrons. The summed E-state index contributed by atoms with van der Waals surface area (Å²) in [5.41, 5.74) is 0. The number of hydrogen-bond acceptors (Lipinski definition) is 3. The largest absolute Gasteiger partial charge is 0.468 e. The summed E-state index contributed by atoms with van der Waals surface area (Å²) in [7, 11) is 1.41. The minimum absolute atomic E-state index is 0.137. The van der Waals surface area contributed by atoms with Gasteiger partial charge in [0.05, 0.1) is 13.7 Å². The summed E-state index contributed by atoms with van der Waals surface area (Å²) in [5, 5.41) is 0. The maximum absolute atomic E-state index is 10.4. The highest BCUT2D eigenvalue weighted by Crippen LogP contribution is 2.01. The predicted octanol–water partition coefficient (Wildman–Crippen LogP) is -0.525. The second kappa shape index (κ2) is 2.13. The zero-order valence-electron chi connectivity index (χ0n) is 4.89. The second-order valence-electron chi connectivity index (χ2n) is 1.85. The summed E-state index contributed by atoms with van der Waals surface area (Å²) in [6, 6.07) is 0. The molecular formula is C5H9NO2. The normalized spacial score (nSPS) is 18.1. The molecule has 0 saturated carbocycles. The zero-order valence-corrected chi connectivity index (χ0v) is 4.89. The Bertz CT molecular complexity index is 98.6. The third-order valence-electron chi connectivity index (χ3n) is 1.12. The van der Waals surface area contributed by atoms with Gasteiger partial charge in [-0.25, -0.2) is 0 Å². The molecule has 0 bridgehead atoms. The Hall–Kier alpha value is -0.570. The van der Waals surface area contributed by atoms with Crippen LogP contribution in [0.2, 0.25) is 0 Å². The molecule has 0 aromatic rings. The van der Waals surface area contributed by atoms with Gasteiger partial charge in [-0.2, -0.15) is 0 Å². The lowest BCUT2D eigenvalue weighted by Gasteiger charge is -1.95. The fraction of sp³-hybridized carbons (Fsp3) is 0.800. The van der Waals surface area contributed by atoms with E-state index in [1.54, 1.807) is 0 Å². The van der Waals surface area contributed by atoms with Crippen LogP contribution in [0.4, 0.5) is 0 Å². The number of carbonyl (C=O) groups is 1. The van der Waals surface area contributed by atoms with Crippen molar-refractivity contribution < 1.29 is 9.53 Å². The van der Waals surface area contributed by atoms with Gasteiger partial charge in [0.25, 0.3) is 0 Å². The smallest absolute Gasteiger partial charge is 0.319 e. The topological polar surface area (TPSA) is 29.3 Å². The van der Waals surface area contributed by atoms with Gasteiger partial charge in [-0.1, -0.05) is 0 Å². The highest BCUT2D eigenvalue weighted by atomic mass is 16.5. The van der Waals surface area contributed by atoms with E-state index in [-0.39, 0.29) is 5.97 Å². The lowest BCUT2D eigenvalue weighted by Crippen LogP contribution is -2.13. The molecule has 1 aliphatic rings. The standard InChI is InChI=1S/C5H9NO2/c1-8-5(7)4-6-2-3-6/h2-4H2,1H3. The molecule has 1 aliphatic heterocycles. The molecule has 1 fully saturated rings. The number of esters is 1.